The minimum atomic E-state index is -0.380. The lowest BCUT2D eigenvalue weighted by molar-refractivity contribution is -0.139. The molecule has 80 valence electrons. The molecule has 0 radical (unpaired) electrons. The van der Waals surface area contributed by atoms with E-state index in [1.165, 1.54) is 7.11 Å². The van der Waals surface area contributed by atoms with Crippen molar-refractivity contribution in [2.45, 2.75) is 6.42 Å². The van der Waals surface area contributed by atoms with Gasteiger partial charge in [0.25, 0.3) is 0 Å². The van der Waals surface area contributed by atoms with Crippen molar-refractivity contribution in [3.63, 3.8) is 0 Å². The average molecular weight is 214 g/mol. The van der Waals surface area contributed by atoms with Gasteiger partial charge in [0.05, 0.1) is 18.4 Å². The Kier molecular flexibility index (Phi) is 3.94. The van der Waals surface area contributed by atoms with E-state index < -0.39 is 0 Å². The van der Waals surface area contributed by atoms with E-state index in [2.05, 4.69) is 16.6 Å². The van der Waals surface area contributed by atoms with E-state index in [-0.39, 0.29) is 12.4 Å². The lowest BCUT2D eigenvalue weighted by Crippen LogP contribution is -1.97. The number of nitriles is 1. The number of anilines is 1. The summed E-state index contributed by atoms with van der Waals surface area (Å²) in [4.78, 5) is 10.8. The zero-order valence-electron chi connectivity index (χ0n) is 8.78. The van der Waals surface area contributed by atoms with E-state index in [1.54, 1.807) is 18.2 Å². The third-order valence-electron chi connectivity index (χ3n) is 1.87. The van der Waals surface area contributed by atoms with Gasteiger partial charge in [0.15, 0.2) is 0 Å². The Morgan fingerprint density at radius 3 is 2.88 bits per heavy atom. The summed E-state index contributed by atoms with van der Waals surface area (Å²) in [6.45, 7) is 0. The topological polar surface area (TPSA) is 76.1 Å². The molecule has 0 aliphatic carbocycles. The number of nitrogens with zero attached hydrogens (tertiary/aromatic N) is 1. The van der Waals surface area contributed by atoms with E-state index in [0.29, 0.717) is 16.8 Å². The van der Waals surface area contributed by atoms with Crippen LogP contribution in [0.1, 0.15) is 17.5 Å². The van der Waals surface area contributed by atoms with Crippen molar-refractivity contribution < 1.29 is 9.53 Å². The van der Waals surface area contributed by atoms with Gasteiger partial charge in [0.2, 0.25) is 0 Å². The minimum absolute atomic E-state index is 0.0381. The largest absolute Gasteiger partial charge is 0.468 e. The molecule has 0 heterocycles. The first-order valence-electron chi connectivity index (χ1n) is 4.52. The monoisotopic (exact) mass is 214 g/mol. The van der Waals surface area contributed by atoms with Crippen LogP contribution in [-0.4, -0.2) is 13.1 Å². The van der Waals surface area contributed by atoms with Crippen LogP contribution in [0.4, 0.5) is 5.69 Å². The first-order valence-corrected chi connectivity index (χ1v) is 4.52. The van der Waals surface area contributed by atoms with Crippen molar-refractivity contribution >= 4 is 11.7 Å². The van der Waals surface area contributed by atoms with E-state index in [4.69, 9.17) is 11.0 Å². The van der Waals surface area contributed by atoms with E-state index in [0.717, 1.165) is 0 Å². The lowest BCUT2D eigenvalue weighted by atomic mass is 10.1. The molecule has 0 aromatic heterocycles. The van der Waals surface area contributed by atoms with Gasteiger partial charge < -0.3 is 10.5 Å². The standard InChI is InChI=1S/C12H10N2O2/c1-16-12(15)4-2-3-9-5-6-10(8-13)11(14)7-9/h5-7H,4,14H2,1H3. The van der Waals surface area contributed by atoms with E-state index in [1.807, 2.05) is 6.07 Å². The third-order valence-corrected chi connectivity index (χ3v) is 1.87. The maximum Gasteiger partial charge on any atom is 0.317 e. The van der Waals surface area contributed by atoms with Crippen LogP contribution in [-0.2, 0) is 9.53 Å². The molecule has 0 spiro atoms. The van der Waals surface area contributed by atoms with Crippen LogP contribution >= 0.6 is 0 Å². The lowest BCUT2D eigenvalue weighted by Gasteiger charge is -1.96. The molecule has 0 fully saturated rings. The summed E-state index contributed by atoms with van der Waals surface area (Å²) in [6, 6.07) is 6.83. The summed E-state index contributed by atoms with van der Waals surface area (Å²) >= 11 is 0. The molecule has 1 aromatic carbocycles. The number of nitrogens with two attached hydrogens (primary N) is 1. The van der Waals surface area contributed by atoms with Crippen molar-refractivity contribution in [3.05, 3.63) is 29.3 Å². The molecule has 0 atom stereocenters. The van der Waals surface area contributed by atoms with Crippen molar-refractivity contribution in [1.29, 1.82) is 5.26 Å². The van der Waals surface area contributed by atoms with Gasteiger partial charge in [0.1, 0.15) is 12.5 Å². The predicted molar refractivity (Wildman–Crippen MR) is 59.1 cm³/mol. The Hall–Kier alpha value is -2.46. The molecule has 0 amide bonds. The van der Waals surface area contributed by atoms with Gasteiger partial charge in [-0.25, -0.2) is 0 Å². The Morgan fingerprint density at radius 1 is 1.56 bits per heavy atom. The van der Waals surface area contributed by atoms with Gasteiger partial charge in [-0.1, -0.05) is 11.8 Å². The molecular weight excluding hydrogens is 204 g/mol. The first kappa shape index (κ1) is 11.6. The number of hydrogen-bond donors (Lipinski definition) is 1. The molecule has 0 aliphatic heterocycles. The number of ether oxygens (including phenoxy) is 1. The van der Waals surface area contributed by atoms with Crippen molar-refractivity contribution in [2.24, 2.45) is 0 Å². The second kappa shape index (κ2) is 5.43. The second-order valence-corrected chi connectivity index (χ2v) is 2.97. The molecule has 1 aromatic rings. The Bertz CT molecular complexity index is 504. The highest BCUT2D eigenvalue weighted by atomic mass is 16.5. The van der Waals surface area contributed by atoms with Crippen LogP contribution < -0.4 is 5.73 Å². The summed E-state index contributed by atoms with van der Waals surface area (Å²) < 4.78 is 4.44. The van der Waals surface area contributed by atoms with Crippen LogP contribution in [0.3, 0.4) is 0 Å². The van der Waals surface area contributed by atoms with Crippen LogP contribution in [0.5, 0.6) is 0 Å². The molecule has 0 saturated heterocycles. The smallest absolute Gasteiger partial charge is 0.317 e. The zero-order valence-corrected chi connectivity index (χ0v) is 8.78. The van der Waals surface area contributed by atoms with Crippen molar-refractivity contribution in [3.8, 4) is 17.9 Å². The SMILES string of the molecule is COC(=O)CC#Cc1ccc(C#N)c(N)c1. The Labute approximate surface area is 93.6 Å². The van der Waals surface area contributed by atoms with E-state index in [9.17, 15) is 4.79 Å². The maximum absolute atomic E-state index is 10.8. The number of esters is 1. The first-order chi connectivity index (χ1) is 7.67. The average Bonchev–Trinajstić information content (AvgIpc) is 2.29. The fraction of sp³-hybridized carbons (Fsp3) is 0.167. The predicted octanol–water partition coefficient (Wildman–Crippen LogP) is 1.06. The number of nitrogen functional groups attached to an aromatic ring is 1. The number of methoxy groups -OCH3 is 1. The van der Waals surface area contributed by atoms with Crippen molar-refractivity contribution in [2.75, 3.05) is 12.8 Å². The number of benzene rings is 1. The van der Waals surface area contributed by atoms with Gasteiger partial charge in [-0.15, -0.1) is 0 Å². The highest BCUT2D eigenvalue weighted by Crippen LogP contribution is 2.12. The highest BCUT2D eigenvalue weighted by Gasteiger charge is 1.98. The number of carbonyl (C=O) groups is 1. The van der Waals surface area contributed by atoms with E-state index >= 15 is 0 Å². The van der Waals surface area contributed by atoms with Gasteiger partial charge in [-0.3, -0.25) is 4.79 Å². The fourth-order valence-corrected chi connectivity index (χ4v) is 1.03. The molecule has 4 nitrogen and oxygen atoms in total. The van der Waals surface area contributed by atoms with Gasteiger partial charge in [-0.05, 0) is 18.2 Å². The molecule has 1 rings (SSSR count). The Balaban J connectivity index is 2.80. The van der Waals surface area contributed by atoms with Crippen LogP contribution in [0.2, 0.25) is 0 Å². The van der Waals surface area contributed by atoms with Gasteiger partial charge in [0, 0.05) is 5.56 Å². The summed E-state index contributed by atoms with van der Waals surface area (Å²) in [5, 5.41) is 8.66. The van der Waals surface area contributed by atoms with Crippen molar-refractivity contribution in [1.82, 2.24) is 0 Å². The molecular formula is C12H10N2O2. The quantitative estimate of drug-likeness (QED) is 0.430. The molecule has 0 saturated carbocycles. The summed E-state index contributed by atoms with van der Waals surface area (Å²) in [5.74, 6) is 5.04. The molecule has 4 heteroatoms. The molecule has 2 N–H and O–H groups in total. The fourth-order valence-electron chi connectivity index (χ4n) is 1.03. The molecule has 0 bridgehead atoms. The summed E-state index contributed by atoms with van der Waals surface area (Å²) in [7, 11) is 1.31. The summed E-state index contributed by atoms with van der Waals surface area (Å²) in [6.07, 6.45) is 0.0381. The number of rotatable bonds is 1. The number of carbonyl (C=O) groups excluding carboxylic acids is 1. The third kappa shape index (κ3) is 3.04. The normalized spacial score (nSPS) is 8.50. The van der Waals surface area contributed by atoms with Crippen LogP contribution in [0.15, 0.2) is 18.2 Å². The molecule has 16 heavy (non-hydrogen) atoms. The van der Waals surface area contributed by atoms with Gasteiger partial charge in [-0.2, -0.15) is 5.26 Å². The minimum Gasteiger partial charge on any atom is -0.468 e. The van der Waals surface area contributed by atoms with Crippen LogP contribution in [0.25, 0.3) is 0 Å². The maximum atomic E-state index is 10.8. The summed E-state index contributed by atoms with van der Waals surface area (Å²) in [5.41, 5.74) is 7.07. The zero-order chi connectivity index (χ0) is 12.0. The Morgan fingerprint density at radius 2 is 2.31 bits per heavy atom. The molecule has 0 aliphatic rings. The second-order valence-electron chi connectivity index (χ2n) is 2.97. The van der Waals surface area contributed by atoms with Gasteiger partial charge >= 0.3 is 5.97 Å². The van der Waals surface area contributed by atoms with Crippen LogP contribution in [0, 0.1) is 23.2 Å². The molecule has 0 unspecified atom stereocenters. The number of hydrogen-bond acceptors (Lipinski definition) is 4. The highest BCUT2D eigenvalue weighted by molar-refractivity contribution is 5.72.